The molecule has 150 valence electrons. The van der Waals surface area contributed by atoms with Crippen LogP contribution < -0.4 is 5.56 Å². The summed E-state index contributed by atoms with van der Waals surface area (Å²) in [6.45, 7) is 0.296. The van der Waals surface area contributed by atoms with Gasteiger partial charge in [-0.3, -0.25) is 9.36 Å². The van der Waals surface area contributed by atoms with Crippen LogP contribution >= 0.6 is 0 Å². The molecule has 0 radical (unpaired) electrons. The Morgan fingerprint density at radius 1 is 0.897 bits per heavy atom. The third-order valence-electron chi connectivity index (χ3n) is 4.75. The molecular formula is C20H12F6N2O. The van der Waals surface area contributed by atoms with Gasteiger partial charge in [0.25, 0.3) is 5.56 Å². The van der Waals surface area contributed by atoms with Crippen molar-refractivity contribution in [1.29, 1.82) is 0 Å². The Kier molecular flexibility index (Phi) is 4.29. The SMILES string of the molecule is O=c1c2ccc(C(F)(F)F)cc2nc2n1CC/C2=C\c1ccc(C(F)(F)F)cc1. The van der Waals surface area contributed by atoms with Gasteiger partial charge in [0.2, 0.25) is 0 Å². The molecule has 0 aliphatic carbocycles. The molecule has 3 nitrogen and oxygen atoms in total. The molecule has 0 saturated heterocycles. The van der Waals surface area contributed by atoms with Crippen molar-refractivity contribution >= 4 is 22.6 Å². The predicted octanol–water partition coefficient (Wildman–Crippen LogP) is 5.38. The lowest BCUT2D eigenvalue weighted by Gasteiger charge is -2.09. The number of rotatable bonds is 1. The van der Waals surface area contributed by atoms with E-state index in [1.54, 1.807) is 6.08 Å². The molecule has 0 atom stereocenters. The Balaban J connectivity index is 1.79. The number of hydrogen-bond donors (Lipinski definition) is 0. The first kappa shape index (κ1) is 19.2. The van der Waals surface area contributed by atoms with Crippen molar-refractivity contribution in [2.75, 3.05) is 0 Å². The first-order valence-corrected chi connectivity index (χ1v) is 8.54. The van der Waals surface area contributed by atoms with E-state index in [0.29, 0.717) is 24.1 Å². The smallest absolute Gasteiger partial charge is 0.292 e. The van der Waals surface area contributed by atoms with Gasteiger partial charge in [0.05, 0.1) is 22.0 Å². The van der Waals surface area contributed by atoms with Crippen LogP contribution in [0.4, 0.5) is 26.3 Å². The Bertz CT molecular complexity index is 1190. The quantitative estimate of drug-likeness (QED) is 0.505. The van der Waals surface area contributed by atoms with Crippen molar-refractivity contribution < 1.29 is 26.3 Å². The number of fused-ring (bicyclic) bond motifs is 2. The lowest BCUT2D eigenvalue weighted by Crippen LogP contribution is -2.21. The van der Waals surface area contributed by atoms with Gasteiger partial charge in [-0.15, -0.1) is 0 Å². The van der Waals surface area contributed by atoms with Gasteiger partial charge in [-0.2, -0.15) is 26.3 Å². The summed E-state index contributed by atoms with van der Waals surface area (Å²) in [4.78, 5) is 16.9. The molecule has 29 heavy (non-hydrogen) atoms. The molecule has 0 unspecified atom stereocenters. The van der Waals surface area contributed by atoms with Crippen LogP contribution in [0.3, 0.4) is 0 Å². The number of allylic oxidation sites excluding steroid dienone is 1. The maximum absolute atomic E-state index is 13.0. The zero-order valence-electron chi connectivity index (χ0n) is 14.6. The fourth-order valence-corrected chi connectivity index (χ4v) is 3.30. The Morgan fingerprint density at radius 2 is 1.52 bits per heavy atom. The fourth-order valence-electron chi connectivity index (χ4n) is 3.30. The molecule has 1 aromatic heterocycles. The first-order chi connectivity index (χ1) is 13.5. The molecule has 3 aromatic rings. The van der Waals surface area contributed by atoms with E-state index in [1.165, 1.54) is 16.7 Å². The molecule has 0 N–H and O–H groups in total. The Morgan fingerprint density at radius 3 is 2.14 bits per heavy atom. The number of nitrogens with zero attached hydrogens (tertiary/aromatic N) is 2. The second-order valence-electron chi connectivity index (χ2n) is 6.66. The minimum atomic E-state index is -4.57. The van der Waals surface area contributed by atoms with Crippen LogP contribution in [0.1, 0.15) is 28.9 Å². The van der Waals surface area contributed by atoms with Crippen molar-refractivity contribution in [3.05, 3.63) is 75.3 Å². The van der Waals surface area contributed by atoms with E-state index in [1.807, 2.05) is 0 Å². The van der Waals surface area contributed by atoms with Crippen LogP contribution in [0.15, 0.2) is 47.3 Å². The van der Waals surface area contributed by atoms with Crippen molar-refractivity contribution in [2.24, 2.45) is 0 Å². The normalized spacial score (nSPS) is 15.9. The zero-order valence-corrected chi connectivity index (χ0v) is 14.6. The average molecular weight is 410 g/mol. The van der Waals surface area contributed by atoms with E-state index >= 15 is 0 Å². The topological polar surface area (TPSA) is 34.9 Å². The summed E-state index contributed by atoms with van der Waals surface area (Å²) in [5, 5.41) is 0.0810. The van der Waals surface area contributed by atoms with E-state index in [4.69, 9.17) is 0 Å². The predicted molar refractivity (Wildman–Crippen MR) is 94.9 cm³/mol. The lowest BCUT2D eigenvalue weighted by molar-refractivity contribution is -0.138. The van der Waals surface area contributed by atoms with Crippen LogP contribution in [-0.4, -0.2) is 9.55 Å². The van der Waals surface area contributed by atoms with Gasteiger partial charge in [0, 0.05) is 6.54 Å². The zero-order chi connectivity index (χ0) is 21.0. The highest BCUT2D eigenvalue weighted by atomic mass is 19.4. The van der Waals surface area contributed by atoms with E-state index in [2.05, 4.69) is 4.98 Å². The van der Waals surface area contributed by atoms with E-state index in [0.717, 1.165) is 30.3 Å². The molecule has 0 bridgehead atoms. The Labute approximate surface area is 159 Å². The molecule has 2 heterocycles. The number of alkyl halides is 6. The van der Waals surface area contributed by atoms with E-state index in [-0.39, 0.29) is 16.7 Å². The minimum absolute atomic E-state index is 0.0729. The van der Waals surface area contributed by atoms with Crippen LogP contribution in [0, 0.1) is 0 Å². The summed E-state index contributed by atoms with van der Waals surface area (Å²) in [5.74, 6) is 0.224. The summed E-state index contributed by atoms with van der Waals surface area (Å²) >= 11 is 0. The molecule has 0 saturated carbocycles. The lowest BCUT2D eigenvalue weighted by atomic mass is 10.1. The second kappa shape index (κ2) is 6.47. The standard InChI is InChI=1S/C20H12F6N2O/c21-19(22,23)13-3-1-11(2-4-13)9-12-7-8-28-17(12)27-16-10-14(20(24,25)26)5-6-15(16)18(28)29/h1-6,9-10H,7-8H2/b12-9+. The third kappa shape index (κ3) is 3.52. The van der Waals surface area contributed by atoms with Gasteiger partial charge >= 0.3 is 12.4 Å². The first-order valence-electron chi connectivity index (χ1n) is 8.54. The summed E-state index contributed by atoms with van der Waals surface area (Å²) in [6.07, 6.45) is -7.03. The third-order valence-corrected chi connectivity index (χ3v) is 4.75. The van der Waals surface area contributed by atoms with E-state index in [9.17, 15) is 31.1 Å². The number of aromatic nitrogens is 2. The molecule has 2 aromatic carbocycles. The van der Waals surface area contributed by atoms with E-state index < -0.39 is 29.0 Å². The van der Waals surface area contributed by atoms with Crippen LogP contribution in [0.5, 0.6) is 0 Å². The minimum Gasteiger partial charge on any atom is -0.292 e. The summed E-state index contributed by atoms with van der Waals surface area (Å²) in [5.41, 5.74) is -1.17. The summed E-state index contributed by atoms with van der Waals surface area (Å²) in [6, 6.07) is 7.24. The molecule has 0 amide bonds. The highest BCUT2D eigenvalue weighted by Gasteiger charge is 2.32. The molecule has 4 rings (SSSR count). The van der Waals surface area contributed by atoms with Crippen LogP contribution in [0.2, 0.25) is 0 Å². The summed E-state index contributed by atoms with van der Waals surface area (Å²) in [7, 11) is 0. The van der Waals surface area contributed by atoms with Crippen LogP contribution in [0.25, 0.3) is 22.6 Å². The molecule has 9 heteroatoms. The van der Waals surface area contributed by atoms with Gasteiger partial charge in [0.15, 0.2) is 0 Å². The number of benzene rings is 2. The number of halogens is 6. The van der Waals surface area contributed by atoms with Gasteiger partial charge in [-0.1, -0.05) is 12.1 Å². The molecular weight excluding hydrogens is 398 g/mol. The average Bonchev–Trinajstić information content (AvgIpc) is 3.03. The van der Waals surface area contributed by atoms with Gasteiger partial charge in [0.1, 0.15) is 5.82 Å². The van der Waals surface area contributed by atoms with Gasteiger partial charge in [-0.05, 0) is 54.0 Å². The fraction of sp³-hybridized carbons (Fsp3) is 0.200. The Hall–Kier alpha value is -3.10. The van der Waals surface area contributed by atoms with Gasteiger partial charge in [-0.25, -0.2) is 4.98 Å². The summed E-state index contributed by atoms with van der Waals surface area (Å²) < 4.78 is 78.3. The molecule has 1 aliphatic heterocycles. The maximum atomic E-state index is 13.0. The van der Waals surface area contributed by atoms with Gasteiger partial charge < -0.3 is 0 Å². The molecule has 0 fully saturated rings. The van der Waals surface area contributed by atoms with Crippen molar-refractivity contribution in [2.45, 2.75) is 25.3 Å². The second-order valence-corrected chi connectivity index (χ2v) is 6.66. The van der Waals surface area contributed by atoms with Crippen molar-refractivity contribution in [3.8, 4) is 0 Å². The maximum Gasteiger partial charge on any atom is 0.416 e. The highest BCUT2D eigenvalue weighted by molar-refractivity contribution is 5.85. The molecule has 1 aliphatic rings. The van der Waals surface area contributed by atoms with Crippen LogP contribution in [-0.2, 0) is 18.9 Å². The molecule has 0 spiro atoms. The monoisotopic (exact) mass is 410 g/mol. The largest absolute Gasteiger partial charge is 0.416 e. The van der Waals surface area contributed by atoms with Crippen molar-refractivity contribution in [1.82, 2.24) is 9.55 Å². The van der Waals surface area contributed by atoms with Crippen molar-refractivity contribution in [3.63, 3.8) is 0 Å². The highest BCUT2D eigenvalue weighted by Crippen LogP contribution is 2.33. The number of hydrogen-bond acceptors (Lipinski definition) is 2.